The van der Waals surface area contributed by atoms with E-state index >= 15 is 0 Å². The molecule has 0 aromatic carbocycles. The van der Waals surface area contributed by atoms with Gasteiger partial charge in [0.15, 0.2) is 0 Å². The molecule has 1 amide bonds. The third-order valence-corrected chi connectivity index (χ3v) is 3.96. The fourth-order valence-electron chi connectivity index (χ4n) is 2.80. The van der Waals surface area contributed by atoms with Crippen molar-refractivity contribution in [3.05, 3.63) is 18.0 Å². The van der Waals surface area contributed by atoms with Crippen LogP contribution in [0.3, 0.4) is 0 Å². The van der Waals surface area contributed by atoms with Gasteiger partial charge in [-0.1, -0.05) is 12.8 Å². The lowest BCUT2D eigenvalue weighted by Gasteiger charge is -2.39. The first kappa shape index (κ1) is 13.6. The molecule has 6 nitrogen and oxygen atoms in total. The van der Waals surface area contributed by atoms with Gasteiger partial charge in [-0.25, -0.2) is 0 Å². The Morgan fingerprint density at radius 3 is 2.84 bits per heavy atom. The van der Waals surface area contributed by atoms with Crippen LogP contribution in [0.1, 0.15) is 43.1 Å². The third-order valence-electron chi connectivity index (χ3n) is 3.96. The summed E-state index contributed by atoms with van der Waals surface area (Å²) in [5.41, 5.74) is -0.248. The van der Waals surface area contributed by atoms with Crippen molar-refractivity contribution in [2.45, 2.75) is 38.1 Å². The molecular weight excluding hydrogens is 246 g/mol. The fourth-order valence-corrected chi connectivity index (χ4v) is 2.80. The molecule has 0 aliphatic heterocycles. The monoisotopic (exact) mass is 265 g/mol. The fraction of sp³-hybridized carbons (Fsp3) is 0.615. The lowest BCUT2D eigenvalue weighted by molar-refractivity contribution is -0.145. The summed E-state index contributed by atoms with van der Waals surface area (Å²) in [7, 11) is 1.69. The summed E-state index contributed by atoms with van der Waals surface area (Å²) in [6.45, 7) is 1.82. The van der Waals surface area contributed by atoms with Crippen LogP contribution in [0, 0.1) is 5.92 Å². The largest absolute Gasteiger partial charge is 0.481 e. The lowest BCUT2D eigenvalue weighted by atomic mass is 9.74. The van der Waals surface area contributed by atoms with Crippen molar-refractivity contribution in [3.8, 4) is 0 Å². The molecule has 0 radical (unpaired) electrons. The number of carboxylic acid groups (broad SMARTS) is 1. The van der Waals surface area contributed by atoms with E-state index in [2.05, 4.69) is 10.4 Å². The summed E-state index contributed by atoms with van der Waals surface area (Å²) in [5, 5.41) is 16.1. The lowest BCUT2D eigenvalue weighted by Crippen LogP contribution is -2.55. The van der Waals surface area contributed by atoms with Crippen LogP contribution in [0.4, 0.5) is 0 Å². The molecule has 2 unspecified atom stereocenters. The zero-order chi connectivity index (χ0) is 14.0. The molecular formula is C13H19N3O3. The molecule has 1 aromatic heterocycles. The summed E-state index contributed by atoms with van der Waals surface area (Å²) in [6, 6.07) is 1.62. The van der Waals surface area contributed by atoms with Crippen molar-refractivity contribution < 1.29 is 14.7 Å². The predicted molar refractivity (Wildman–Crippen MR) is 68.7 cm³/mol. The highest BCUT2D eigenvalue weighted by molar-refractivity contribution is 5.93. The van der Waals surface area contributed by atoms with E-state index in [9.17, 15) is 14.7 Å². The molecule has 1 aliphatic carbocycles. The van der Waals surface area contributed by atoms with E-state index in [0.717, 1.165) is 12.8 Å². The van der Waals surface area contributed by atoms with Crippen LogP contribution in [-0.4, -0.2) is 32.3 Å². The molecule has 1 fully saturated rings. The van der Waals surface area contributed by atoms with E-state index in [0.29, 0.717) is 18.5 Å². The van der Waals surface area contributed by atoms with Gasteiger partial charge in [-0.15, -0.1) is 0 Å². The van der Waals surface area contributed by atoms with Crippen LogP contribution in [-0.2, 0) is 11.8 Å². The summed E-state index contributed by atoms with van der Waals surface area (Å²) < 4.78 is 1.48. The zero-order valence-corrected chi connectivity index (χ0v) is 11.2. The summed E-state index contributed by atoms with van der Waals surface area (Å²) >= 11 is 0. The van der Waals surface area contributed by atoms with E-state index in [1.807, 2.05) is 6.92 Å². The number of carbonyl (C=O) groups is 2. The maximum absolute atomic E-state index is 12.2. The standard InChI is InChI=1S/C13H19N3O3/c1-13(7-4-3-5-9(13)12(18)19)15-11(17)10-6-8-14-16(10)2/h6,8-9H,3-5,7H2,1-2H3,(H,15,17)(H,18,19). The second-order valence-corrected chi connectivity index (χ2v) is 5.35. The van der Waals surface area contributed by atoms with Crippen LogP contribution in [0.5, 0.6) is 0 Å². The first-order valence-electron chi connectivity index (χ1n) is 6.47. The van der Waals surface area contributed by atoms with E-state index in [4.69, 9.17) is 0 Å². The van der Waals surface area contributed by atoms with Crippen molar-refractivity contribution in [3.63, 3.8) is 0 Å². The molecule has 104 valence electrons. The number of rotatable bonds is 3. The van der Waals surface area contributed by atoms with Crippen molar-refractivity contribution in [1.82, 2.24) is 15.1 Å². The Bertz CT molecular complexity index is 497. The van der Waals surface area contributed by atoms with Crippen molar-refractivity contribution in [2.75, 3.05) is 0 Å². The average molecular weight is 265 g/mol. The number of carboxylic acids is 1. The van der Waals surface area contributed by atoms with Crippen molar-refractivity contribution in [1.29, 1.82) is 0 Å². The van der Waals surface area contributed by atoms with E-state index in [1.165, 1.54) is 4.68 Å². The van der Waals surface area contributed by atoms with Crippen molar-refractivity contribution >= 4 is 11.9 Å². The van der Waals surface area contributed by atoms with Crippen LogP contribution in [0.25, 0.3) is 0 Å². The Hall–Kier alpha value is -1.85. The highest BCUT2D eigenvalue weighted by Crippen LogP contribution is 2.34. The average Bonchev–Trinajstić information content (AvgIpc) is 2.75. The maximum atomic E-state index is 12.2. The quantitative estimate of drug-likeness (QED) is 0.859. The SMILES string of the molecule is Cn1nccc1C(=O)NC1(C)CCCCC1C(=O)O. The number of aromatic nitrogens is 2. The second-order valence-electron chi connectivity index (χ2n) is 5.35. The molecule has 1 saturated carbocycles. The minimum atomic E-state index is -0.840. The minimum Gasteiger partial charge on any atom is -0.481 e. The Balaban J connectivity index is 2.17. The van der Waals surface area contributed by atoms with Gasteiger partial charge in [0.1, 0.15) is 5.69 Å². The number of amides is 1. The van der Waals surface area contributed by atoms with E-state index < -0.39 is 17.4 Å². The van der Waals surface area contributed by atoms with Gasteiger partial charge < -0.3 is 10.4 Å². The highest BCUT2D eigenvalue weighted by atomic mass is 16.4. The number of hydrogen-bond donors (Lipinski definition) is 2. The summed E-state index contributed by atoms with van der Waals surface area (Å²) in [4.78, 5) is 23.5. The van der Waals surface area contributed by atoms with E-state index in [-0.39, 0.29) is 5.91 Å². The molecule has 0 saturated heterocycles. The molecule has 19 heavy (non-hydrogen) atoms. The van der Waals surface area contributed by atoms with Gasteiger partial charge in [0.05, 0.1) is 11.5 Å². The Morgan fingerprint density at radius 2 is 2.26 bits per heavy atom. The molecule has 6 heteroatoms. The van der Waals surface area contributed by atoms with Gasteiger partial charge in [-0.2, -0.15) is 5.10 Å². The first-order valence-corrected chi connectivity index (χ1v) is 6.47. The van der Waals surface area contributed by atoms with Gasteiger partial charge in [-0.3, -0.25) is 14.3 Å². The Labute approximate surface area is 111 Å². The number of aliphatic carboxylic acids is 1. The zero-order valence-electron chi connectivity index (χ0n) is 11.2. The molecule has 0 bridgehead atoms. The van der Waals surface area contributed by atoms with Crippen LogP contribution in [0.15, 0.2) is 12.3 Å². The molecule has 2 N–H and O–H groups in total. The normalized spacial score (nSPS) is 26.9. The molecule has 2 rings (SSSR count). The molecule has 2 atom stereocenters. The highest BCUT2D eigenvalue weighted by Gasteiger charge is 2.42. The van der Waals surface area contributed by atoms with Crippen LogP contribution < -0.4 is 5.32 Å². The van der Waals surface area contributed by atoms with Crippen LogP contribution in [0.2, 0.25) is 0 Å². The van der Waals surface area contributed by atoms with Crippen molar-refractivity contribution in [2.24, 2.45) is 13.0 Å². The predicted octanol–water partition coefficient (Wildman–Crippen LogP) is 1.18. The van der Waals surface area contributed by atoms with Gasteiger partial charge >= 0.3 is 5.97 Å². The first-order chi connectivity index (χ1) is 8.94. The van der Waals surface area contributed by atoms with Crippen LogP contribution >= 0.6 is 0 Å². The molecule has 0 spiro atoms. The van der Waals surface area contributed by atoms with Gasteiger partial charge in [0, 0.05) is 13.2 Å². The maximum Gasteiger partial charge on any atom is 0.308 e. The van der Waals surface area contributed by atoms with Gasteiger partial charge in [0.2, 0.25) is 0 Å². The number of nitrogens with one attached hydrogen (secondary N) is 1. The number of carbonyl (C=O) groups excluding carboxylic acids is 1. The number of hydrogen-bond acceptors (Lipinski definition) is 3. The smallest absolute Gasteiger partial charge is 0.308 e. The van der Waals surface area contributed by atoms with Gasteiger partial charge in [0.25, 0.3) is 5.91 Å². The third kappa shape index (κ3) is 2.62. The minimum absolute atomic E-state index is 0.268. The number of nitrogens with zero attached hydrogens (tertiary/aromatic N) is 2. The number of aryl methyl sites for hydroxylation is 1. The van der Waals surface area contributed by atoms with E-state index in [1.54, 1.807) is 19.3 Å². The Kier molecular flexibility index (Phi) is 3.59. The second kappa shape index (κ2) is 5.03. The molecule has 1 aliphatic rings. The topological polar surface area (TPSA) is 84.2 Å². The summed E-state index contributed by atoms with van der Waals surface area (Å²) in [6.07, 6.45) is 4.68. The van der Waals surface area contributed by atoms with Gasteiger partial charge in [-0.05, 0) is 25.8 Å². The molecule has 1 heterocycles. The molecule has 1 aromatic rings. The Morgan fingerprint density at radius 1 is 1.53 bits per heavy atom. The summed E-state index contributed by atoms with van der Waals surface area (Å²) in [5.74, 6) is -1.64.